The number of methoxy groups -OCH3 is 1. The lowest BCUT2D eigenvalue weighted by Gasteiger charge is -2.15. The highest BCUT2D eigenvalue weighted by atomic mass is 16.5. The second kappa shape index (κ2) is 13.0. The summed E-state index contributed by atoms with van der Waals surface area (Å²) in [5, 5.41) is 23.6. The maximum atomic E-state index is 12.3. The summed E-state index contributed by atoms with van der Waals surface area (Å²) in [6.07, 6.45) is 3.37. The molecule has 1 aliphatic heterocycles. The Morgan fingerprint density at radius 1 is 1.22 bits per heavy atom. The van der Waals surface area contributed by atoms with Crippen molar-refractivity contribution in [3.63, 3.8) is 0 Å². The number of benzene rings is 1. The van der Waals surface area contributed by atoms with E-state index in [1.807, 2.05) is 0 Å². The van der Waals surface area contributed by atoms with Crippen LogP contribution in [-0.4, -0.2) is 73.4 Å². The first kappa shape index (κ1) is 24.7. The average Bonchev–Trinajstić information content (AvgIpc) is 3.04. The number of carbonyl (C=O) groups excluding carboxylic acids is 2. The molecule has 2 amide bonds. The second-order valence-corrected chi connectivity index (χ2v) is 6.96. The van der Waals surface area contributed by atoms with Gasteiger partial charge in [-0.3, -0.25) is 9.79 Å². The van der Waals surface area contributed by atoms with E-state index in [0.29, 0.717) is 18.9 Å². The first-order chi connectivity index (χ1) is 15.4. The van der Waals surface area contributed by atoms with Crippen molar-refractivity contribution in [1.82, 2.24) is 21.5 Å². The van der Waals surface area contributed by atoms with Crippen LogP contribution < -0.4 is 26.2 Å². The number of hydrazine groups is 1. The van der Waals surface area contributed by atoms with Gasteiger partial charge in [0.25, 0.3) is 5.91 Å². The fourth-order valence-corrected chi connectivity index (χ4v) is 2.85. The summed E-state index contributed by atoms with van der Waals surface area (Å²) in [6.45, 7) is 1.24. The van der Waals surface area contributed by atoms with Crippen LogP contribution in [0.5, 0.6) is 11.5 Å². The Morgan fingerprint density at radius 2 is 2.03 bits per heavy atom. The number of carbonyl (C=O) groups is 3. The minimum absolute atomic E-state index is 0.0641. The number of aromatic hydroxyl groups is 1. The molecule has 1 aliphatic rings. The zero-order valence-corrected chi connectivity index (χ0v) is 17.8. The van der Waals surface area contributed by atoms with Crippen LogP contribution in [0, 0.1) is 0 Å². The molecule has 12 nitrogen and oxygen atoms in total. The molecule has 176 valence electrons. The van der Waals surface area contributed by atoms with Gasteiger partial charge in [-0.1, -0.05) is 6.42 Å². The van der Waals surface area contributed by atoms with Crippen LogP contribution in [0.2, 0.25) is 0 Å². The minimum atomic E-state index is -1.39. The summed E-state index contributed by atoms with van der Waals surface area (Å²) in [6, 6.07) is 2.77. The molecule has 6 N–H and O–H groups in total. The van der Waals surface area contributed by atoms with Crippen LogP contribution in [0.3, 0.4) is 0 Å². The molecule has 1 aromatic carbocycles. The van der Waals surface area contributed by atoms with E-state index in [2.05, 4.69) is 31.2 Å². The number of ether oxygens (including phenoxy) is 2. The zero-order chi connectivity index (χ0) is 23.3. The first-order valence-corrected chi connectivity index (χ1v) is 10.2. The summed E-state index contributed by atoms with van der Waals surface area (Å²) >= 11 is 0. The number of phenolic OH excluding ortho intramolecular Hbond substituents is 1. The van der Waals surface area contributed by atoms with Gasteiger partial charge in [0.2, 0.25) is 0 Å². The average molecular weight is 451 g/mol. The Bertz CT molecular complexity index is 831. The van der Waals surface area contributed by atoms with Gasteiger partial charge in [0.05, 0.1) is 12.7 Å². The van der Waals surface area contributed by atoms with Gasteiger partial charge in [0, 0.05) is 32.1 Å². The third kappa shape index (κ3) is 8.30. The first-order valence-electron chi connectivity index (χ1n) is 10.2. The van der Waals surface area contributed by atoms with E-state index >= 15 is 0 Å². The highest BCUT2D eigenvalue weighted by molar-refractivity contribution is 5.97. The van der Waals surface area contributed by atoms with Gasteiger partial charge in [-0.05, 0) is 25.0 Å². The van der Waals surface area contributed by atoms with Crippen molar-refractivity contribution in [3.8, 4) is 11.5 Å². The van der Waals surface area contributed by atoms with Crippen molar-refractivity contribution in [3.05, 3.63) is 23.8 Å². The number of hydrogen-bond donors (Lipinski definition) is 6. The van der Waals surface area contributed by atoms with Gasteiger partial charge in [-0.15, -0.1) is 0 Å². The fraction of sp³-hybridized carbons (Fsp3) is 0.500. The summed E-state index contributed by atoms with van der Waals surface area (Å²) in [4.78, 5) is 39.0. The van der Waals surface area contributed by atoms with Gasteiger partial charge in [-0.2, -0.15) is 0 Å². The van der Waals surface area contributed by atoms with Crippen molar-refractivity contribution >= 4 is 23.8 Å². The Morgan fingerprint density at radius 3 is 2.75 bits per heavy atom. The molecule has 2 rings (SSSR count). The third-order valence-electron chi connectivity index (χ3n) is 4.56. The molecular weight excluding hydrogens is 422 g/mol. The molecule has 0 aromatic heterocycles. The third-order valence-corrected chi connectivity index (χ3v) is 4.56. The van der Waals surface area contributed by atoms with E-state index in [0.717, 1.165) is 38.8 Å². The minimum Gasteiger partial charge on any atom is -0.507 e. The molecule has 0 bridgehead atoms. The quantitative estimate of drug-likeness (QED) is 0.217. The second-order valence-electron chi connectivity index (χ2n) is 6.96. The molecule has 1 heterocycles. The van der Waals surface area contributed by atoms with Crippen molar-refractivity contribution in [2.24, 2.45) is 4.99 Å². The van der Waals surface area contributed by atoms with Crippen LogP contribution in [0.4, 0.5) is 4.79 Å². The number of amides is 2. The van der Waals surface area contributed by atoms with E-state index in [4.69, 9.17) is 9.84 Å². The van der Waals surface area contributed by atoms with Crippen molar-refractivity contribution in [2.45, 2.75) is 31.7 Å². The smallest absolute Gasteiger partial charge is 0.407 e. The molecule has 1 aromatic rings. The number of nitrogens with zero attached hydrogens (tertiary/aromatic N) is 1. The van der Waals surface area contributed by atoms with Gasteiger partial charge in [0.1, 0.15) is 30.0 Å². The number of phenols is 1. The maximum absolute atomic E-state index is 12.3. The predicted octanol–water partition coefficient (Wildman–Crippen LogP) is 0.377. The molecule has 32 heavy (non-hydrogen) atoms. The fourth-order valence-electron chi connectivity index (χ4n) is 2.85. The monoisotopic (exact) mass is 451 g/mol. The number of rotatable bonds is 10. The van der Waals surface area contributed by atoms with Gasteiger partial charge in [-0.25, -0.2) is 15.0 Å². The van der Waals surface area contributed by atoms with Crippen molar-refractivity contribution in [2.75, 3.05) is 33.4 Å². The SMILES string of the molecule is COC(=O)N[C@@H](CNC(=O)c1ccc(OCCNNC2=NCCCCC2)cc1O)C(=O)O. The molecule has 1 atom stereocenters. The number of hydrogen-bond acceptors (Lipinski definition) is 9. The van der Waals surface area contributed by atoms with Crippen molar-refractivity contribution in [1.29, 1.82) is 0 Å². The molecule has 0 fully saturated rings. The molecule has 0 spiro atoms. The Balaban J connectivity index is 1.77. The van der Waals surface area contributed by atoms with E-state index in [9.17, 15) is 19.5 Å². The van der Waals surface area contributed by atoms with E-state index in [-0.39, 0.29) is 11.3 Å². The number of amidine groups is 1. The number of aliphatic carboxylic acids is 1. The number of alkyl carbamates (subject to hydrolysis) is 1. The topological polar surface area (TPSA) is 171 Å². The Kier molecular flexibility index (Phi) is 10.0. The Hall–Kier alpha value is -3.54. The van der Waals surface area contributed by atoms with Crippen LogP contribution in [0.1, 0.15) is 36.0 Å². The summed E-state index contributed by atoms with van der Waals surface area (Å²) in [5.74, 6) is -1.09. The number of carboxylic acid groups (broad SMARTS) is 1. The lowest BCUT2D eigenvalue weighted by atomic mass is 10.1. The van der Waals surface area contributed by atoms with E-state index in [1.165, 1.54) is 24.6 Å². The molecule has 0 unspecified atom stereocenters. The van der Waals surface area contributed by atoms with E-state index < -0.39 is 30.6 Å². The highest BCUT2D eigenvalue weighted by Gasteiger charge is 2.22. The standard InChI is InChI=1S/C20H29N5O7/c1-31-20(30)24-15(19(28)29)12-22-18(27)14-7-6-13(11-16(14)26)32-10-9-23-25-17-5-3-2-4-8-21-17/h6-7,11,15,23,26H,2-5,8-10,12H2,1H3,(H,21,25)(H,22,27)(H,24,30)(H,28,29)/t15-/m0/s1. The number of aliphatic imine (C=N–C) groups is 1. The lowest BCUT2D eigenvalue weighted by Crippen LogP contribution is -2.48. The summed E-state index contributed by atoms with van der Waals surface area (Å²) in [7, 11) is 1.09. The van der Waals surface area contributed by atoms with Gasteiger partial charge >= 0.3 is 12.1 Å². The van der Waals surface area contributed by atoms with Crippen LogP contribution in [0.15, 0.2) is 23.2 Å². The van der Waals surface area contributed by atoms with Crippen molar-refractivity contribution < 1.29 is 34.1 Å². The largest absolute Gasteiger partial charge is 0.507 e. The molecular formula is C20H29N5O7. The predicted molar refractivity (Wildman–Crippen MR) is 115 cm³/mol. The molecule has 0 aliphatic carbocycles. The van der Waals surface area contributed by atoms with Crippen LogP contribution in [0.25, 0.3) is 0 Å². The molecule has 12 heteroatoms. The maximum Gasteiger partial charge on any atom is 0.407 e. The van der Waals surface area contributed by atoms with Gasteiger partial charge in [0.15, 0.2) is 0 Å². The van der Waals surface area contributed by atoms with Crippen LogP contribution >= 0.6 is 0 Å². The lowest BCUT2D eigenvalue weighted by molar-refractivity contribution is -0.139. The van der Waals surface area contributed by atoms with Gasteiger partial charge < -0.3 is 35.7 Å². The molecule has 0 radical (unpaired) electrons. The molecule has 0 saturated heterocycles. The summed E-state index contributed by atoms with van der Waals surface area (Å²) < 4.78 is 9.89. The van der Waals surface area contributed by atoms with Crippen LogP contribution in [-0.2, 0) is 9.53 Å². The number of carboxylic acids is 1. The molecule has 0 saturated carbocycles. The zero-order valence-electron chi connectivity index (χ0n) is 17.8. The Labute approximate surface area is 185 Å². The summed E-state index contributed by atoms with van der Waals surface area (Å²) in [5.41, 5.74) is 6.04. The normalized spacial score (nSPS) is 14.3. The highest BCUT2D eigenvalue weighted by Crippen LogP contribution is 2.23. The van der Waals surface area contributed by atoms with E-state index in [1.54, 1.807) is 0 Å². The number of nitrogens with one attached hydrogen (secondary N) is 4.